The Balaban J connectivity index is 2.00. The number of hydrogen-bond donors (Lipinski definition) is 2. The molecule has 0 saturated heterocycles. The molecule has 5 nitrogen and oxygen atoms in total. The largest absolute Gasteiger partial charge is 0.444 e. The highest BCUT2D eigenvalue weighted by Crippen LogP contribution is 2.23. The van der Waals surface area contributed by atoms with Gasteiger partial charge in [0.1, 0.15) is 6.04 Å². The number of benzene rings is 1. The zero-order chi connectivity index (χ0) is 16.3. The summed E-state index contributed by atoms with van der Waals surface area (Å²) in [6.07, 6.45) is 0. The Morgan fingerprint density at radius 2 is 2.00 bits per heavy atom. The topological polar surface area (TPSA) is 71.3 Å². The third-order valence-electron chi connectivity index (χ3n) is 3.06. The second-order valence-corrected chi connectivity index (χ2v) is 5.89. The van der Waals surface area contributed by atoms with Crippen LogP contribution in [0, 0.1) is 6.92 Å². The molecule has 0 aliphatic carbocycles. The van der Waals surface area contributed by atoms with Crippen molar-refractivity contribution in [3.8, 4) is 0 Å². The number of nitrogens with one attached hydrogen (secondary N) is 2. The number of amides is 2. The summed E-state index contributed by atoms with van der Waals surface area (Å²) in [6.45, 7) is 3.40. The maximum absolute atomic E-state index is 12.1. The van der Waals surface area contributed by atoms with Crippen LogP contribution in [0.2, 0.25) is 5.02 Å². The third kappa shape index (κ3) is 3.90. The van der Waals surface area contributed by atoms with Gasteiger partial charge in [0.15, 0.2) is 10.4 Å². The first-order valence-corrected chi connectivity index (χ1v) is 7.67. The molecular formula is C15H14BrClN2O3. The maximum atomic E-state index is 12.1. The van der Waals surface area contributed by atoms with Crippen molar-refractivity contribution in [1.82, 2.24) is 5.32 Å². The zero-order valence-corrected chi connectivity index (χ0v) is 14.3. The second kappa shape index (κ2) is 6.98. The van der Waals surface area contributed by atoms with Crippen LogP contribution in [-0.2, 0) is 4.79 Å². The summed E-state index contributed by atoms with van der Waals surface area (Å²) in [5.41, 5.74) is 1.38. The molecule has 1 heterocycles. The van der Waals surface area contributed by atoms with E-state index in [1.807, 2.05) is 6.92 Å². The van der Waals surface area contributed by atoms with Crippen LogP contribution in [0.4, 0.5) is 5.69 Å². The zero-order valence-electron chi connectivity index (χ0n) is 11.9. The number of anilines is 1. The van der Waals surface area contributed by atoms with Crippen LogP contribution in [0.25, 0.3) is 0 Å². The molecule has 7 heteroatoms. The minimum atomic E-state index is -0.727. The molecule has 0 aliphatic rings. The summed E-state index contributed by atoms with van der Waals surface area (Å²) in [5.74, 6) is -0.675. The van der Waals surface area contributed by atoms with Gasteiger partial charge in [-0.15, -0.1) is 0 Å². The third-order valence-corrected chi connectivity index (χ3v) is 3.90. The van der Waals surface area contributed by atoms with Gasteiger partial charge >= 0.3 is 0 Å². The number of rotatable bonds is 4. The average molecular weight is 386 g/mol. The van der Waals surface area contributed by atoms with Crippen LogP contribution in [-0.4, -0.2) is 17.9 Å². The fourth-order valence-electron chi connectivity index (χ4n) is 1.75. The molecule has 0 saturated carbocycles. The minimum absolute atomic E-state index is 0.130. The van der Waals surface area contributed by atoms with E-state index in [2.05, 4.69) is 26.6 Å². The predicted molar refractivity (Wildman–Crippen MR) is 88.2 cm³/mol. The van der Waals surface area contributed by atoms with Crippen LogP contribution in [0.1, 0.15) is 23.0 Å². The van der Waals surface area contributed by atoms with Crippen LogP contribution in [0.15, 0.2) is 39.4 Å². The number of carbonyl (C=O) groups is 2. The van der Waals surface area contributed by atoms with Crippen molar-refractivity contribution in [1.29, 1.82) is 0 Å². The van der Waals surface area contributed by atoms with Gasteiger partial charge in [0.2, 0.25) is 5.91 Å². The SMILES string of the molecule is Cc1c(Cl)cccc1NC(=O)C(C)NC(=O)c1ccc(Br)o1. The van der Waals surface area contributed by atoms with Gasteiger partial charge in [-0.1, -0.05) is 17.7 Å². The van der Waals surface area contributed by atoms with Crippen LogP contribution < -0.4 is 10.6 Å². The Morgan fingerprint density at radius 3 is 2.64 bits per heavy atom. The number of carbonyl (C=O) groups excluding carboxylic acids is 2. The molecule has 1 unspecified atom stereocenters. The predicted octanol–water partition coefficient (Wildman–Crippen LogP) is 3.76. The van der Waals surface area contributed by atoms with Gasteiger partial charge in [-0.05, 0) is 59.6 Å². The standard InChI is InChI=1S/C15H14BrClN2O3/c1-8-10(17)4-3-5-11(8)19-14(20)9(2)18-15(21)12-6-7-13(16)22-12/h3-7,9H,1-2H3,(H,18,21)(H,19,20). The summed E-state index contributed by atoms with van der Waals surface area (Å²) in [4.78, 5) is 24.1. The van der Waals surface area contributed by atoms with E-state index in [1.165, 1.54) is 6.07 Å². The highest BCUT2D eigenvalue weighted by atomic mass is 79.9. The molecule has 0 bridgehead atoms. The molecule has 2 aromatic rings. The van der Waals surface area contributed by atoms with Crippen molar-refractivity contribution in [3.63, 3.8) is 0 Å². The van der Waals surface area contributed by atoms with E-state index < -0.39 is 11.9 Å². The van der Waals surface area contributed by atoms with Gasteiger partial charge in [0.25, 0.3) is 5.91 Å². The van der Waals surface area contributed by atoms with Gasteiger partial charge in [-0.3, -0.25) is 9.59 Å². The molecule has 22 heavy (non-hydrogen) atoms. The number of furan rings is 1. The quantitative estimate of drug-likeness (QED) is 0.842. The first-order chi connectivity index (χ1) is 10.4. The summed E-state index contributed by atoms with van der Waals surface area (Å²) >= 11 is 9.12. The monoisotopic (exact) mass is 384 g/mol. The summed E-state index contributed by atoms with van der Waals surface area (Å²) < 4.78 is 5.58. The molecule has 1 aromatic carbocycles. The molecular weight excluding hydrogens is 372 g/mol. The molecule has 2 N–H and O–H groups in total. The van der Waals surface area contributed by atoms with Gasteiger partial charge in [-0.2, -0.15) is 0 Å². The fraction of sp³-hybridized carbons (Fsp3) is 0.200. The normalized spacial score (nSPS) is 11.8. The van der Waals surface area contributed by atoms with Crippen LogP contribution in [0.3, 0.4) is 0 Å². The van der Waals surface area contributed by atoms with E-state index in [0.29, 0.717) is 15.4 Å². The van der Waals surface area contributed by atoms with Crippen LogP contribution in [0.5, 0.6) is 0 Å². The van der Waals surface area contributed by atoms with Crippen molar-refractivity contribution >= 4 is 45.0 Å². The molecule has 1 atom stereocenters. The average Bonchev–Trinajstić information content (AvgIpc) is 2.90. The van der Waals surface area contributed by atoms with E-state index in [9.17, 15) is 9.59 Å². The Hall–Kier alpha value is -1.79. The second-order valence-electron chi connectivity index (χ2n) is 4.70. The van der Waals surface area contributed by atoms with Gasteiger partial charge in [0.05, 0.1) is 0 Å². The van der Waals surface area contributed by atoms with E-state index in [1.54, 1.807) is 31.2 Å². The molecule has 0 fully saturated rings. The molecule has 2 rings (SSSR count). The molecule has 0 spiro atoms. The van der Waals surface area contributed by atoms with Gasteiger partial charge in [0, 0.05) is 10.7 Å². The van der Waals surface area contributed by atoms with Gasteiger partial charge in [-0.25, -0.2) is 0 Å². The summed E-state index contributed by atoms with van der Waals surface area (Å²) in [6, 6.07) is 7.63. The Kier molecular flexibility index (Phi) is 5.26. The van der Waals surface area contributed by atoms with Crippen molar-refractivity contribution in [2.24, 2.45) is 0 Å². The lowest BCUT2D eigenvalue weighted by Crippen LogP contribution is -2.41. The van der Waals surface area contributed by atoms with E-state index in [-0.39, 0.29) is 11.7 Å². The number of hydrogen-bond acceptors (Lipinski definition) is 3. The van der Waals surface area contributed by atoms with E-state index in [0.717, 1.165) is 5.56 Å². The Labute approximate surface area is 141 Å². The highest BCUT2D eigenvalue weighted by Gasteiger charge is 2.19. The van der Waals surface area contributed by atoms with E-state index in [4.69, 9.17) is 16.0 Å². The van der Waals surface area contributed by atoms with E-state index >= 15 is 0 Å². The minimum Gasteiger partial charge on any atom is -0.444 e. The lowest BCUT2D eigenvalue weighted by molar-refractivity contribution is -0.117. The van der Waals surface area contributed by atoms with Crippen LogP contribution >= 0.6 is 27.5 Å². The molecule has 0 aliphatic heterocycles. The fourth-order valence-corrected chi connectivity index (χ4v) is 2.23. The maximum Gasteiger partial charge on any atom is 0.287 e. The first-order valence-electron chi connectivity index (χ1n) is 6.50. The lowest BCUT2D eigenvalue weighted by Gasteiger charge is -2.15. The summed E-state index contributed by atoms with van der Waals surface area (Å²) in [5, 5.41) is 5.86. The Morgan fingerprint density at radius 1 is 1.27 bits per heavy atom. The van der Waals surface area contributed by atoms with Crippen molar-refractivity contribution < 1.29 is 14.0 Å². The Bertz CT molecular complexity index is 715. The molecule has 1 aromatic heterocycles. The summed E-state index contributed by atoms with van der Waals surface area (Å²) in [7, 11) is 0. The van der Waals surface area contributed by atoms with Crippen molar-refractivity contribution in [2.45, 2.75) is 19.9 Å². The lowest BCUT2D eigenvalue weighted by atomic mass is 10.2. The molecule has 116 valence electrons. The number of halogens is 2. The van der Waals surface area contributed by atoms with Crippen molar-refractivity contribution in [2.75, 3.05) is 5.32 Å². The van der Waals surface area contributed by atoms with Gasteiger partial charge < -0.3 is 15.1 Å². The van der Waals surface area contributed by atoms with Crippen molar-refractivity contribution in [3.05, 3.63) is 51.3 Å². The molecule has 0 radical (unpaired) electrons. The smallest absolute Gasteiger partial charge is 0.287 e. The first kappa shape index (κ1) is 16.6. The highest BCUT2D eigenvalue weighted by molar-refractivity contribution is 9.10. The molecule has 2 amide bonds.